The molecule has 2 aromatic rings. The zero-order valence-electron chi connectivity index (χ0n) is 9.84. The lowest BCUT2D eigenvalue weighted by molar-refractivity contribution is 0.102. The van der Waals surface area contributed by atoms with E-state index in [9.17, 15) is 4.79 Å². The summed E-state index contributed by atoms with van der Waals surface area (Å²) < 4.78 is 0. The fraction of sp³-hybridized carbons (Fsp3) is 0.0833. The fourth-order valence-electron chi connectivity index (χ4n) is 1.45. The van der Waals surface area contributed by atoms with Crippen molar-refractivity contribution in [1.29, 1.82) is 0 Å². The van der Waals surface area contributed by atoms with Gasteiger partial charge in [-0.2, -0.15) is 0 Å². The maximum Gasteiger partial charge on any atom is 0.257 e. The normalized spacial score (nSPS) is 9.89. The summed E-state index contributed by atoms with van der Waals surface area (Å²) in [5.41, 5.74) is 3.75. The van der Waals surface area contributed by atoms with E-state index in [-0.39, 0.29) is 5.91 Å². The van der Waals surface area contributed by atoms with Crippen LogP contribution in [0.25, 0.3) is 0 Å². The Morgan fingerprint density at radius 1 is 1.28 bits per heavy atom. The van der Waals surface area contributed by atoms with E-state index in [0.29, 0.717) is 17.2 Å². The number of hydrogen-bond donors (Lipinski definition) is 3. The van der Waals surface area contributed by atoms with Crippen molar-refractivity contribution in [1.82, 2.24) is 9.97 Å². The Balaban J connectivity index is 2.19. The number of carbonyl (C=O) groups excluding carboxylic acids is 1. The first-order valence-electron chi connectivity index (χ1n) is 5.36. The molecule has 2 rings (SSSR count). The van der Waals surface area contributed by atoms with E-state index in [0.717, 1.165) is 5.56 Å². The Hall–Kier alpha value is -2.47. The number of aromatic nitrogens is 2. The number of pyridine rings is 2. The predicted octanol–water partition coefficient (Wildman–Crippen LogP) is 1.32. The minimum Gasteiger partial charge on any atom is -0.308 e. The number of hydrazine groups is 1. The van der Waals surface area contributed by atoms with Gasteiger partial charge in [-0.15, -0.1) is 0 Å². The molecule has 0 saturated heterocycles. The predicted molar refractivity (Wildman–Crippen MR) is 69.0 cm³/mol. The van der Waals surface area contributed by atoms with Crippen molar-refractivity contribution in [3.8, 4) is 0 Å². The van der Waals surface area contributed by atoms with Gasteiger partial charge in [0.2, 0.25) is 0 Å². The number of rotatable bonds is 3. The third-order valence-corrected chi connectivity index (χ3v) is 2.41. The second kappa shape index (κ2) is 5.24. The summed E-state index contributed by atoms with van der Waals surface area (Å²) in [6.07, 6.45) is 3.14. The zero-order chi connectivity index (χ0) is 13.0. The molecule has 0 aliphatic carbocycles. The van der Waals surface area contributed by atoms with Crippen LogP contribution in [-0.4, -0.2) is 15.9 Å². The van der Waals surface area contributed by atoms with Crippen molar-refractivity contribution in [2.75, 3.05) is 10.7 Å². The van der Waals surface area contributed by atoms with Crippen molar-refractivity contribution in [2.45, 2.75) is 6.92 Å². The van der Waals surface area contributed by atoms with Crippen LogP contribution in [0.5, 0.6) is 0 Å². The Bertz CT molecular complexity index is 570. The lowest BCUT2D eigenvalue weighted by atomic mass is 10.2. The maximum atomic E-state index is 12.0. The molecule has 0 spiro atoms. The minimum absolute atomic E-state index is 0.254. The number of aryl methyl sites for hydroxylation is 1. The Labute approximate surface area is 104 Å². The standard InChI is InChI=1S/C12H13N5O/c1-8-3-2-5-15-11(8)16-12(18)9-4-6-14-10(7-9)17-13/h2-7H,13H2,1H3,(H,14,17)(H,15,16,18). The van der Waals surface area contributed by atoms with Crippen LogP contribution in [0.1, 0.15) is 15.9 Å². The molecule has 4 N–H and O–H groups in total. The molecule has 0 bridgehead atoms. The fourth-order valence-corrected chi connectivity index (χ4v) is 1.45. The van der Waals surface area contributed by atoms with E-state index in [1.165, 1.54) is 6.20 Å². The molecule has 0 aliphatic rings. The molecule has 0 aromatic carbocycles. The molecule has 6 heteroatoms. The summed E-state index contributed by atoms with van der Waals surface area (Å²) in [4.78, 5) is 20.0. The number of amides is 1. The zero-order valence-corrected chi connectivity index (χ0v) is 9.84. The molecule has 2 aromatic heterocycles. The lowest BCUT2D eigenvalue weighted by Gasteiger charge is -2.07. The number of nitrogens with two attached hydrogens (primary N) is 1. The van der Waals surface area contributed by atoms with Crippen molar-refractivity contribution >= 4 is 17.5 Å². The molecule has 0 atom stereocenters. The molecule has 0 fully saturated rings. The number of nitrogens with one attached hydrogen (secondary N) is 2. The molecule has 2 heterocycles. The number of nitrogen functional groups attached to an aromatic ring is 1. The van der Waals surface area contributed by atoms with Gasteiger partial charge in [0.1, 0.15) is 11.6 Å². The quantitative estimate of drug-likeness (QED) is 0.558. The van der Waals surface area contributed by atoms with Crippen molar-refractivity contribution < 1.29 is 4.79 Å². The van der Waals surface area contributed by atoms with Gasteiger partial charge >= 0.3 is 0 Å². The number of nitrogens with zero attached hydrogens (tertiary/aromatic N) is 2. The highest BCUT2D eigenvalue weighted by Crippen LogP contribution is 2.12. The van der Waals surface area contributed by atoms with Crippen molar-refractivity contribution in [3.63, 3.8) is 0 Å². The number of anilines is 2. The first-order chi connectivity index (χ1) is 8.70. The Morgan fingerprint density at radius 2 is 2.11 bits per heavy atom. The summed E-state index contributed by atoms with van der Waals surface area (Å²) in [5, 5.41) is 2.73. The third-order valence-electron chi connectivity index (χ3n) is 2.41. The molecule has 0 unspecified atom stereocenters. The van der Waals surface area contributed by atoms with Gasteiger partial charge in [-0.3, -0.25) is 4.79 Å². The Morgan fingerprint density at radius 3 is 2.83 bits per heavy atom. The van der Waals surface area contributed by atoms with Crippen molar-refractivity contribution in [3.05, 3.63) is 47.8 Å². The molecular weight excluding hydrogens is 230 g/mol. The van der Waals surface area contributed by atoms with Crippen molar-refractivity contribution in [2.24, 2.45) is 5.84 Å². The summed E-state index contributed by atoms with van der Waals surface area (Å²) in [6, 6.07) is 6.86. The SMILES string of the molecule is Cc1cccnc1NC(=O)c1ccnc(NN)c1. The van der Waals surface area contributed by atoms with E-state index in [2.05, 4.69) is 20.7 Å². The van der Waals surface area contributed by atoms with Gasteiger partial charge in [-0.25, -0.2) is 15.8 Å². The molecule has 18 heavy (non-hydrogen) atoms. The van der Waals surface area contributed by atoms with Crippen LogP contribution in [0.3, 0.4) is 0 Å². The molecule has 6 nitrogen and oxygen atoms in total. The van der Waals surface area contributed by atoms with E-state index in [4.69, 9.17) is 5.84 Å². The summed E-state index contributed by atoms with van der Waals surface area (Å²) in [7, 11) is 0. The van der Waals surface area contributed by atoms with Crippen LogP contribution in [0.4, 0.5) is 11.6 Å². The van der Waals surface area contributed by atoms with E-state index >= 15 is 0 Å². The van der Waals surface area contributed by atoms with Crippen LogP contribution in [-0.2, 0) is 0 Å². The highest BCUT2D eigenvalue weighted by atomic mass is 16.1. The second-order valence-electron chi connectivity index (χ2n) is 3.70. The van der Waals surface area contributed by atoms with E-state index < -0.39 is 0 Å². The van der Waals surface area contributed by atoms with E-state index in [1.54, 1.807) is 18.3 Å². The highest BCUT2D eigenvalue weighted by Gasteiger charge is 2.09. The van der Waals surface area contributed by atoms with Gasteiger partial charge in [0.25, 0.3) is 5.91 Å². The monoisotopic (exact) mass is 243 g/mol. The average Bonchev–Trinajstić information content (AvgIpc) is 2.41. The van der Waals surface area contributed by atoms with Gasteiger partial charge in [0, 0.05) is 18.0 Å². The maximum absolute atomic E-state index is 12.0. The van der Waals surface area contributed by atoms with Crippen LogP contribution in [0.15, 0.2) is 36.7 Å². The van der Waals surface area contributed by atoms with Gasteiger partial charge < -0.3 is 10.7 Å². The minimum atomic E-state index is -0.254. The Kier molecular flexibility index (Phi) is 3.49. The largest absolute Gasteiger partial charge is 0.308 e. The average molecular weight is 243 g/mol. The van der Waals surface area contributed by atoms with Gasteiger partial charge in [-0.1, -0.05) is 6.07 Å². The van der Waals surface area contributed by atoms with Crippen LogP contribution in [0, 0.1) is 6.92 Å². The van der Waals surface area contributed by atoms with E-state index in [1.807, 2.05) is 19.1 Å². The first-order valence-corrected chi connectivity index (χ1v) is 5.36. The van der Waals surface area contributed by atoms with Crippen LogP contribution >= 0.6 is 0 Å². The molecular formula is C12H13N5O. The summed E-state index contributed by atoms with van der Waals surface area (Å²) in [5.74, 6) is 5.96. The number of hydrogen-bond acceptors (Lipinski definition) is 5. The van der Waals surface area contributed by atoms with Gasteiger partial charge in [0.15, 0.2) is 0 Å². The van der Waals surface area contributed by atoms with Gasteiger partial charge in [0.05, 0.1) is 0 Å². The lowest BCUT2D eigenvalue weighted by Crippen LogP contribution is -2.15. The molecule has 0 aliphatic heterocycles. The topological polar surface area (TPSA) is 92.9 Å². The highest BCUT2D eigenvalue weighted by molar-refractivity contribution is 6.04. The molecule has 0 saturated carbocycles. The van der Waals surface area contributed by atoms with Gasteiger partial charge in [-0.05, 0) is 30.7 Å². The molecule has 0 radical (unpaired) electrons. The third kappa shape index (κ3) is 2.61. The summed E-state index contributed by atoms with van der Waals surface area (Å²) >= 11 is 0. The smallest absolute Gasteiger partial charge is 0.257 e. The second-order valence-corrected chi connectivity index (χ2v) is 3.70. The number of carbonyl (C=O) groups is 1. The first kappa shape index (κ1) is 12.0. The summed E-state index contributed by atoms with van der Waals surface area (Å²) in [6.45, 7) is 1.88. The molecule has 92 valence electrons. The van der Waals surface area contributed by atoms with Crippen LogP contribution in [0.2, 0.25) is 0 Å². The van der Waals surface area contributed by atoms with Crippen LogP contribution < -0.4 is 16.6 Å². The molecule has 1 amide bonds.